The number of nitrogens with zero attached hydrogens (tertiary/aromatic N) is 1. The molecule has 0 atom stereocenters. The molecule has 0 amide bonds. The van der Waals surface area contributed by atoms with Crippen molar-refractivity contribution in [2.45, 2.75) is 44.1 Å². The zero-order chi connectivity index (χ0) is 16.2. The summed E-state index contributed by atoms with van der Waals surface area (Å²) >= 11 is 0. The van der Waals surface area contributed by atoms with Gasteiger partial charge in [-0.25, -0.2) is 9.78 Å². The molecule has 1 fully saturated rings. The number of aliphatic carboxylic acids is 1. The van der Waals surface area contributed by atoms with Crippen molar-refractivity contribution in [2.75, 3.05) is 18.5 Å². The topological polar surface area (TPSA) is 71.5 Å². The van der Waals surface area contributed by atoms with Crippen LogP contribution in [0.25, 0.3) is 0 Å². The van der Waals surface area contributed by atoms with Crippen LogP contribution in [0.4, 0.5) is 14.6 Å². The number of aromatic nitrogens is 1. The first-order chi connectivity index (χ1) is 10.3. The zero-order valence-corrected chi connectivity index (χ0v) is 12.4. The number of carbonyl (C=O) groups is 1. The summed E-state index contributed by atoms with van der Waals surface area (Å²) < 4.78 is 32.6. The SMILES string of the molecule is CC1(OCCNc2cccc(C(F)(F)C(=O)O)n2)CCCC1. The summed E-state index contributed by atoms with van der Waals surface area (Å²) in [5.41, 5.74) is -0.874. The van der Waals surface area contributed by atoms with Crippen molar-refractivity contribution in [3.05, 3.63) is 23.9 Å². The number of nitrogens with one attached hydrogen (secondary N) is 1. The van der Waals surface area contributed by atoms with Crippen LogP contribution in [0.2, 0.25) is 0 Å². The van der Waals surface area contributed by atoms with Crippen molar-refractivity contribution >= 4 is 11.8 Å². The Morgan fingerprint density at radius 1 is 1.45 bits per heavy atom. The molecule has 0 saturated heterocycles. The number of hydrogen-bond acceptors (Lipinski definition) is 4. The van der Waals surface area contributed by atoms with E-state index >= 15 is 0 Å². The number of rotatable bonds is 7. The lowest BCUT2D eigenvalue weighted by Gasteiger charge is -2.24. The molecule has 1 saturated carbocycles. The smallest absolute Gasteiger partial charge is 0.384 e. The molecule has 0 radical (unpaired) electrons. The van der Waals surface area contributed by atoms with Gasteiger partial charge < -0.3 is 15.2 Å². The van der Waals surface area contributed by atoms with Crippen molar-refractivity contribution in [1.82, 2.24) is 4.98 Å². The highest BCUT2D eigenvalue weighted by Gasteiger charge is 2.42. The molecule has 0 unspecified atom stereocenters. The number of alkyl halides is 2. The van der Waals surface area contributed by atoms with Crippen molar-refractivity contribution < 1.29 is 23.4 Å². The predicted octanol–water partition coefficient (Wildman–Crippen LogP) is 3.02. The van der Waals surface area contributed by atoms with Gasteiger partial charge in [0.15, 0.2) is 0 Å². The molecule has 1 aliphatic carbocycles. The summed E-state index contributed by atoms with van der Waals surface area (Å²) in [6.45, 7) is 2.94. The first kappa shape index (κ1) is 16.6. The summed E-state index contributed by atoms with van der Waals surface area (Å²) in [6.07, 6.45) is 4.40. The number of carboxylic acids is 1. The summed E-state index contributed by atoms with van der Waals surface area (Å²) in [5.74, 6) is -6.00. The second kappa shape index (κ2) is 6.56. The Morgan fingerprint density at radius 2 is 2.14 bits per heavy atom. The molecule has 22 heavy (non-hydrogen) atoms. The van der Waals surface area contributed by atoms with E-state index < -0.39 is 17.6 Å². The average Bonchev–Trinajstić information content (AvgIpc) is 2.91. The van der Waals surface area contributed by atoms with Crippen LogP contribution in [0.15, 0.2) is 18.2 Å². The van der Waals surface area contributed by atoms with Crippen molar-refractivity contribution in [3.8, 4) is 0 Å². The lowest BCUT2D eigenvalue weighted by molar-refractivity contribution is -0.166. The van der Waals surface area contributed by atoms with E-state index in [0.717, 1.165) is 31.7 Å². The second-order valence-corrected chi connectivity index (χ2v) is 5.72. The molecule has 122 valence electrons. The molecule has 1 aromatic rings. The maximum absolute atomic E-state index is 13.4. The van der Waals surface area contributed by atoms with E-state index in [2.05, 4.69) is 17.2 Å². The number of ether oxygens (including phenoxy) is 1. The summed E-state index contributed by atoms with van der Waals surface area (Å²) in [4.78, 5) is 14.2. The molecule has 1 aromatic heterocycles. The molecule has 0 aliphatic heterocycles. The van der Waals surface area contributed by atoms with Crippen molar-refractivity contribution in [2.24, 2.45) is 0 Å². The van der Waals surface area contributed by atoms with Crippen LogP contribution in [0.5, 0.6) is 0 Å². The van der Waals surface area contributed by atoms with Crippen LogP contribution in [0.1, 0.15) is 38.3 Å². The van der Waals surface area contributed by atoms with E-state index in [1.807, 2.05) is 0 Å². The molecule has 5 nitrogen and oxygen atoms in total. The fourth-order valence-corrected chi connectivity index (χ4v) is 2.56. The summed E-state index contributed by atoms with van der Waals surface area (Å²) in [6, 6.07) is 3.86. The average molecular weight is 314 g/mol. The van der Waals surface area contributed by atoms with Crippen LogP contribution < -0.4 is 5.32 Å². The molecule has 1 aliphatic rings. The van der Waals surface area contributed by atoms with Gasteiger partial charge in [0.1, 0.15) is 11.5 Å². The van der Waals surface area contributed by atoms with Gasteiger partial charge in [0, 0.05) is 6.54 Å². The largest absolute Gasteiger partial charge is 0.476 e. The first-order valence-electron chi connectivity index (χ1n) is 7.30. The highest BCUT2D eigenvalue weighted by Crippen LogP contribution is 2.32. The van der Waals surface area contributed by atoms with Gasteiger partial charge in [-0.1, -0.05) is 18.9 Å². The maximum atomic E-state index is 13.4. The van der Waals surface area contributed by atoms with Gasteiger partial charge in [0.05, 0.1) is 12.2 Å². The minimum absolute atomic E-state index is 0.0900. The third-order valence-corrected chi connectivity index (χ3v) is 3.86. The molecular weight excluding hydrogens is 294 g/mol. The molecule has 2 rings (SSSR count). The number of halogens is 2. The number of pyridine rings is 1. The van der Waals surface area contributed by atoms with Crippen LogP contribution in [0, 0.1) is 0 Å². The van der Waals surface area contributed by atoms with Gasteiger partial charge in [0.25, 0.3) is 0 Å². The highest BCUT2D eigenvalue weighted by atomic mass is 19.3. The van der Waals surface area contributed by atoms with E-state index in [0.29, 0.717) is 13.2 Å². The standard InChI is InChI=1S/C15H20F2N2O3/c1-14(7-2-3-8-14)22-10-9-18-12-6-4-5-11(19-12)15(16,17)13(20)21/h4-6H,2-3,7-10H2,1H3,(H,18,19)(H,20,21). The lowest BCUT2D eigenvalue weighted by atomic mass is 10.1. The Balaban J connectivity index is 1.87. The number of carboxylic acid groups (broad SMARTS) is 1. The predicted molar refractivity (Wildman–Crippen MR) is 77.1 cm³/mol. The van der Waals surface area contributed by atoms with Gasteiger partial charge in [-0.15, -0.1) is 0 Å². The van der Waals surface area contributed by atoms with Crippen molar-refractivity contribution in [1.29, 1.82) is 0 Å². The minimum atomic E-state index is -3.99. The third kappa shape index (κ3) is 3.91. The molecule has 0 aromatic carbocycles. The van der Waals surface area contributed by atoms with Gasteiger partial charge in [-0.05, 0) is 31.9 Å². The Labute approximate surface area is 127 Å². The zero-order valence-electron chi connectivity index (χ0n) is 12.4. The summed E-state index contributed by atoms with van der Waals surface area (Å²) in [7, 11) is 0. The molecule has 7 heteroatoms. The van der Waals surface area contributed by atoms with Crippen LogP contribution in [-0.4, -0.2) is 34.8 Å². The van der Waals surface area contributed by atoms with Gasteiger partial charge >= 0.3 is 11.9 Å². The molecule has 0 spiro atoms. The van der Waals surface area contributed by atoms with Crippen molar-refractivity contribution in [3.63, 3.8) is 0 Å². The Bertz CT molecular complexity index is 531. The minimum Gasteiger partial charge on any atom is -0.476 e. The highest BCUT2D eigenvalue weighted by molar-refractivity contribution is 5.76. The monoisotopic (exact) mass is 314 g/mol. The van der Waals surface area contributed by atoms with E-state index in [1.165, 1.54) is 12.1 Å². The Kier molecular flexibility index (Phi) is 4.95. The quantitative estimate of drug-likeness (QED) is 0.757. The normalized spacial score (nSPS) is 17.4. The van der Waals surface area contributed by atoms with Gasteiger partial charge in [0.2, 0.25) is 0 Å². The molecule has 2 N–H and O–H groups in total. The number of hydrogen-bond donors (Lipinski definition) is 2. The molecule has 0 bridgehead atoms. The fraction of sp³-hybridized carbons (Fsp3) is 0.600. The van der Waals surface area contributed by atoms with E-state index in [-0.39, 0.29) is 11.4 Å². The van der Waals surface area contributed by atoms with Crippen LogP contribution in [0.3, 0.4) is 0 Å². The fourth-order valence-electron chi connectivity index (χ4n) is 2.56. The third-order valence-electron chi connectivity index (χ3n) is 3.86. The molecular formula is C15H20F2N2O3. The summed E-state index contributed by atoms with van der Waals surface area (Å²) in [5, 5.41) is 11.4. The van der Waals surface area contributed by atoms with E-state index in [4.69, 9.17) is 9.84 Å². The second-order valence-electron chi connectivity index (χ2n) is 5.72. The first-order valence-corrected chi connectivity index (χ1v) is 7.30. The van der Waals surface area contributed by atoms with Gasteiger partial charge in [-0.3, -0.25) is 0 Å². The van der Waals surface area contributed by atoms with Crippen LogP contribution >= 0.6 is 0 Å². The van der Waals surface area contributed by atoms with Crippen LogP contribution in [-0.2, 0) is 15.5 Å². The Hall–Kier alpha value is -1.76. The lowest BCUT2D eigenvalue weighted by Crippen LogP contribution is -2.28. The number of anilines is 1. The van der Waals surface area contributed by atoms with E-state index in [1.54, 1.807) is 0 Å². The van der Waals surface area contributed by atoms with E-state index in [9.17, 15) is 13.6 Å². The molecule has 1 heterocycles. The maximum Gasteiger partial charge on any atom is 0.384 e. The Morgan fingerprint density at radius 3 is 2.77 bits per heavy atom. The van der Waals surface area contributed by atoms with Gasteiger partial charge in [-0.2, -0.15) is 8.78 Å².